The lowest BCUT2D eigenvalue weighted by Crippen LogP contribution is -2.55. The highest BCUT2D eigenvalue weighted by atomic mass is 15.0. The Hall–Kier alpha value is -7.87. The van der Waals surface area contributed by atoms with Crippen molar-refractivity contribution >= 4 is 27.5 Å². The molecule has 1 spiro atoms. The molecule has 4 heteroatoms. The highest BCUT2D eigenvalue weighted by molar-refractivity contribution is 6.11. The van der Waals surface area contributed by atoms with Crippen molar-refractivity contribution in [2.45, 2.75) is 37.5 Å². The Bertz CT molecular complexity index is 3550. The average molecular weight is 859 g/mol. The summed E-state index contributed by atoms with van der Waals surface area (Å²) in [7, 11) is 0. The molecular formula is C63H46N4. The standard InChI is InChI=1S/C63H46N4/c1-64-50-20-15-41(16-21-50)52-13-8-14-57-62(52)55-34-44(19-24-56(55)63(57)48-30-39-29-40(32-48)33-49(63)31-39)45-17-22-53-54-23-18-46(38-61(54)67(60(53)37-45)51-11-6-3-7-12-51)47-35-58(42-9-4-2-5-10-42)66-59(36-47)43-25-27-65-28-26-43/h2-28,34-40,48-49H,29-33H2. The van der Waals surface area contributed by atoms with Crippen molar-refractivity contribution in [2.24, 2.45) is 23.7 Å². The lowest BCUT2D eigenvalue weighted by molar-refractivity contribution is -0.0399. The third-order valence-electron chi connectivity index (χ3n) is 16.3. The van der Waals surface area contributed by atoms with Gasteiger partial charge in [-0.25, -0.2) is 9.83 Å². The number of fused-ring (bicyclic) bond motifs is 6. The molecule has 5 aliphatic carbocycles. The Morgan fingerprint density at radius 2 is 1.04 bits per heavy atom. The smallest absolute Gasteiger partial charge is 0.187 e. The van der Waals surface area contributed by atoms with E-state index in [9.17, 15) is 0 Å². The van der Waals surface area contributed by atoms with Crippen LogP contribution in [0.3, 0.4) is 0 Å². The maximum absolute atomic E-state index is 7.64. The monoisotopic (exact) mass is 858 g/mol. The zero-order chi connectivity index (χ0) is 44.2. The molecule has 7 aromatic carbocycles. The minimum Gasteiger partial charge on any atom is -0.309 e. The summed E-state index contributed by atoms with van der Waals surface area (Å²) in [5, 5.41) is 2.46. The molecule has 10 aromatic rings. The van der Waals surface area contributed by atoms with Gasteiger partial charge in [-0.05, 0) is 166 Å². The summed E-state index contributed by atoms with van der Waals surface area (Å²) >= 11 is 0. The van der Waals surface area contributed by atoms with E-state index in [0.29, 0.717) is 17.5 Å². The highest BCUT2D eigenvalue weighted by Gasteiger charge is 2.61. The molecule has 0 N–H and O–H groups in total. The number of aromatic nitrogens is 3. The molecular weight excluding hydrogens is 813 g/mol. The highest BCUT2D eigenvalue weighted by Crippen LogP contribution is 2.70. The van der Waals surface area contributed by atoms with E-state index in [2.05, 4.69) is 172 Å². The first-order valence-corrected chi connectivity index (χ1v) is 24.0. The second kappa shape index (κ2) is 14.8. The largest absolute Gasteiger partial charge is 0.309 e. The van der Waals surface area contributed by atoms with Crippen molar-refractivity contribution in [3.05, 3.63) is 217 Å². The predicted molar refractivity (Wildman–Crippen MR) is 273 cm³/mol. The number of rotatable bonds is 6. The Labute approximate surface area is 391 Å². The van der Waals surface area contributed by atoms with E-state index in [1.54, 1.807) is 11.1 Å². The van der Waals surface area contributed by atoms with E-state index in [0.717, 1.165) is 51.2 Å². The average Bonchev–Trinajstić information content (AvgIpc) is 3.88. The molecule has 0 saturated heterocycles. The molecule has 5 aliphatic rings. The first kappa shape index (κ1) is 38.4. The number of pyridine rings is 2. The molecule has 15 rings (SSSR count). The fraction of sp³-hybridized carbons (Fsp3) is 0.159. The second-order valence-corrected chi connectivity index (χ2v) is 19.7. The topological polar surface area (TPSA) is 35.1 Å². The van der Waals surface area contributed by atoms with Crippen LogP contribution in [0.5, 0.6) is 0 Å². The number of benzene rings is 7. The van der Waals surface area contributed by atoms with Crippen molar-refractivity contribution in [3.63, 3.8) is 0 Å². The Balaban J connectivity index is 0.947. The first-order chi connectivity index (χ1) is 33.1. The van der Waals surface area contributed by atoms with Crippen LogP contribution in [-0.2, 0) is 5.41 Å². The van der Waals surface area contributed by atoms with E-state index >= 15 is 0 Å². The van der Waals surface area contributed by atoms with Gasteiger partial charge < -0.3 is 4.57 Å². The van der Waals surface area contributed by atoms with Gasteiger partial charge in [-0.3, -0.25) is 4.98 Å². The summed E-state index contributed by atoms with van der Waals surface area (Å²) in [6, 6.07) is 66.8. The molecule has 3 heterocycles. The minimum absolute atomic E-state index is 0.0558. The molecule has 67 heavy (non-hydrogen) atoms. The Morgan fingerprint density at radius 3 is 1.70 bits per heavy atom. The van der Waals surface area contributed by atoms with Crippen LogP contribution >= 0.6 is 0 Å². The van der Waals surface area contributed by atoms with E-state index in [1.807, 2.05) is 36.7 Å². The minimum atomic E-state index is 0.0558. The van der Waals surface area contributed by atoms with Crippen molar-refractivity contribution < 1.29 is 0 Å². The fourth-order valence-corrected chi connectivity index (χ4v) is 13.7. The molecule has 4 fully saturated rings. The van der Waals surface area contributed by atoms with Gasteiger partial charge in [0, 0.05) is 45.4 Å². The molecule has 0 atom stereocenters. The molecule has 0 aliphatic heterocycles. The van der Waals surface area contributed by atoms with Crippen LogP contribution in [0.15, 0.2) is 194 Å². The van der Waals surface area contributed by atoms with Crippen molar-refractivity contribution in [3.8, 4) is 72.7 Å². The summed E-state index contributed by atoms with van der Waals surface area (Å²) in [6.07, 6.45) is 10.5. The van der Waals surface area contributed by atoms with Gasteiger partial charge in [0.05, 0.1) is 29.0 Å². The molecule has 3 aromatic heterocycles. The van der Waals surface area contributed by atoms with Gasteiger partial charge in [-0.2, -0.15) is 0 Å². The van der Waals surface area contributed by atoms with Crippen LogP contribution < -0.4 is 0 Å². The molecule has 4 bridgehead atoms. The summed E-state index contributed by atoms with van der Waals surface area (Å²) in [5.74, 6) is 3.11. The van der Waals surface area contributed by atoms with Crippen molar-refractivity contribution in [2.75, 3.05) is 0 Å². The number of nitrogens with zero attached hydrogens (tertiary/aromatic N) is 4. The summed E-state index contributed by atoms with van der Waals surface area (Å²) in [4.78, 5) is 13.2. The number of hydrogen-bond acceptors (Lipinski definition) is 2. The van der Waals surface area contributed by atoms with Crippen LogP contribution in [0, 0.1) is 30.2 Å². The fourth-order valence-electron chi connectivity index (χ4n) is 13.7. The predicted octanol–water partition coefficient (Wildman–Crippen LogP) is 16.2. The van der Waals surface area contributed by atoms with Crippen LogP contribution in [-0.4, -0.2) is 14.5 Å². The number of hydrogen-bond donors (Lipinski definition) is 0. The first-order valence-electron chi connectivity index (χ1n) is 24.0. The maximum Gasteiger partial charge on any atom is 0.187 e. The Kier molecular flexibility index (Phi) is 8.50. The van der Waals surface area contributed by atoms with Crippen LogP contribution in [0.25, 0.3) is 99.4 Å². The van der Waals surface area contributed by atoms with Crippen molar-refractivity contribution in [1.29, 1.82) is 0 Å². The quantitative estimate of drug-likeness (QED) is 0.156. The molecule has 4 nitrogen and oxygen atoms in total. The Morgan fingerprint density at radius 1 is 0.463 bits per heavy atom. The van der Waals surface area contributed by atoms with Gasteiger partial charge in [0.2, 0.25) is 0 Å². The molecule has 4 saturated carbocycles. The summed E-state index contributed by atoms with van der Waals surface area (Å²) < 4.78 is 2.46. The third kappa shape index (κ3) is 5.84. The number of para-hydroxylation sites is 1. The third-order valence-corrected chi connectivity index (χ3v) is 16.3. The van der Waals surface area contributed by atoms with Gasteiger partial charge in [0.1, 0.15) is 0 Å². The van der Waals surface area contributed by atoms with Crippen molar-refractivity contribution in [1.82, 2.24) is 14.5 Å². The second-order valence-electron chi connectivity index (χ2n) is 19.7. The van der Waals surface area contributed by atoms with E-state index in [1.165, 1.54) is 87.3 Å². The van der Waals surface area contributed by atoms with Crippen LogP contribution in [0.2, 0.25) is 0 Å². The zero-order valence-corrected chi connectivity index (χ0v) is 37.1. The summed E-state index contributed by atoms with van der Waals surface area (Å²) in [5.41, 5.74) is 21.3. The molecule has 0 amide bonds. The van der Waals surface area contributed by atoms with Gasteiger partial charge in [0.15, 0.2) is 5.69 Å². The van der Waals surface area contributed by atoms with Gasteiger partial charge in [-0.15, -0.1) is 0 Å². The van der Waals surface area contributed by atoms with E-state index in [4.69, 9.17) is 11.6 Å². The van der Waals surface area contributed by atoms with Crippen LogP contribution in [0.4, 0.5) is 5.69 Å². The normalized spacial score (nSPS) is 20.9. The van der Waals surface area contributed by atoms with Gasteiger partial charge in [0.25, 0.3) is 0 Å². The van der Waals surface area contributed by atoms with E-state index < -0.39 is 0 Å². The molecule has 318 valence electrons. The zero-order valence-electron chi connectivity index (χ0n) is 37.1. The molecule has 0 unspecified atom stereocenters. The lowest BCUT2D eigenvalue weighted by atomic mass is 9.43. The maximum atomic E-state index is 7.64. The molecule has 0 radical (unpaired) electrons. The lowest BCUT2D eigenvalue weighted by Gasteiger charge is -2.61. The summed E-state index contributed by atoms with van der Waals surface area (Å²) in [6.45, 7) is 7.64. The van der Waals surface area contributed by atoms with Crippen LogP contribution in [0.1, 0.15) is 43.2 Å². The SMILES string of the molecule is [C-]#[N+]c1ccc(-c2cccc3c2-c2cc(-c4ccc5c6ccc(-c7cc(-c8ccccc8)nc(-c8ccncc8)c7)cc6n(-c6ccccc6)c5c4)ccc2C32C3CC4CC(C3)CC2C4)cc1. The van der Waals surface area contributed by atoms with Gasteiger partial charge >= 0.3 is 0 Å². The van der Waals surface area contributed by atoms with Gasteiger partial charge in [-0.1, -0.05) is 127 Å². The van der Waals surface area contributed by atoms with E-state index in [-0.39, 0.29) is 5.41 Å².